The van der Waals surface area contributed by atoms with Gasteiger partial charge >= 0.3 is 0 Å². The van der Waals surface area contributed by atoms with Gasteiger partial charge in [-0.25, -0.2) is 13.2 Å². The van der Waals surface area contributed by atoms with Crippen LogP contribution in [0.25, 0.3) is 0 Å². The van der Waals surface area contributed by atoms with Crippen molar-refractivity contribution in [2.24, 2.45) is 0 Å². The zero-order valence-electron chi connectivity index (χ0n) is 8.70. The minimum atomic E-state index is -1.62. The van der Waals surface area contributed by atoms with Gasteiger partial charge in [0.2, 0.25) is 0 Å². The number of alkyl halides is 1. The minimum absolute atomic E-state index is 0.367. The molecule has 0 atom stereocenters. The Kier molecular flexibility index (Phi) is 3.16. The lowest BCUT2D eigenvalue weighted by molar-refractivity contribution is 0.0931. The highest BCUT2D eigenvalue weighted by molar-refractivity contribution is 9.09. The van der Waals surface area contributed by atoms with Crippen molar-refractivity contribution in [1.82, 2.24) is 5.32 Å². The van der Waals surface area contributed by atoms with Crippen molar-refractivity contribution in [2.75, 3.05) is 5.33 Å². The highest BCUT2D eigenvalue weighted by Crippen LogP contribution is 2.37. The molecule has 0 spiro atoms. The highest BCUT2D eigenvalue weighted by atomic mass is 79.9. The SMILES string of the molecule is O=C(NC1(CBr)CC1)c1ccc(F)c(F)c1F. The molecular weight excluding hydrogens is 299 g/mol. The monoisotopic (exact) mass is 307 g/mol. The van der Waals surface area contributed by atoms with Crippen LogP contribution in [0.4, 0.5) is 13.2 Å². The van der Waals surface area contributed by atoms with E-state index in [2.05, 4.69) is 21.2 Å². The molecule has 2 nitrogen and oxygen atoms in total. The molecular formula is C11H9BrF3NO. The number of carbonyl (C=O) groups excluding carboxylic acids is 1. The number of hydrogen-bond donors (Lipinski definition) is 1. The second-order valence-electron chi connectivity index (χ2n) is 4.09. The van der Waals surface area contributed by atoms with Crippen LogP contribution < -0.4 is 5.32 Å². The van der Waals surface area contributed by atoms with Gasteiger partial charge in [-0.05, 0) is 25.0 Å². The maximum atomic E-state index is 13.3. The molecule has 17 heavy (non-hydrogen) atoms. The average Bonchev–Trinajstić information content (AvgIpc) is 3.06. The van der Waals surface area contributed by atoms with Crippen LogP contribution >= 0.6 is 15.9 Å². The van der Waals surface area contributed by atoms with E-state index in [1.807, 2.05) is 0 Å². The lowest BCUT2D eigenvalue weighted by Gasteiger charge is -2.14. The third-order valence-electron chi connectivity index (χ3n) is 2.77. The van der Waals surface area contributed by atoms with Crippen LogP contribution in [0.2, 0.25) is 0 Å². The summed E-state index contributed by atoms with van der Waals surface area (Å²) in [4.78, 5) is 11.7. The fraction of sp³-hybridized carbons (Fsp3) is 0.364. The van der Waals surface area contributed by atoms with Gasteiger partial charge in [-0.3, -0.25) is 4.79 Å². The zero-order valence-corrected chi connectivity index (χ0v) is 10.3. The Morgan fingerprint density at radius 3 is 2.47 bits per heavy atom. The van der Waals surface area contributed by atoms with Crippen molar-refractivity contribution in [3.63, 3.8) is 0 Å². The molecule has 0 aliphatic heterocycles. The van der Waals surface area contributed by atoms with Crippen molar-refractivity contribution in [3.8, 4) is 0 Å². The standard InChI is InChI=1S/C11H9BrF3NO/c12-5-11(3-4-11)16-10(17)6-1-2-7(13)9(15)8(6)14/h1-2H,3-5H2,(H,16,17). The predicted molar refractivity (Wildman–Crippen MR) is 59.5 cm³/mol. The van der Waals surface area contributed by atoms with E-state index in [-0.39, 0.29) is 5.54 Å². The molecule has 0 unspecified atom stereocenters. The molecule has 92 valence electrons. The van der Waals surface area contributed by atoms with Crippen LogP contribution in [0.1, 0.15) is 23.2 Å². The van der Waals surface area contributed by atoms with Crippen molar-refractivity contribution in [2.45, 2.75) is 18.4 Å². The number of carbonyl (C=O) groups is 1. The van der Waals surface area contributed by atoms with E-state index in [1.165, 1.54) is 0 Å². The Bertz CT molecular complexity index is 474. The molecule has 1 saturated carbocycles. The first-order chi connectivity index (χ1) is 7.99. The van der Waals surface area contributed by atoms with Gasteiger partial charge in [0.25, 0.3) is 5.91 Å². The maximum Gasteiger partial charge on any atom is 0.254 e. The molecule has 0 bridgehead atoms. The molecule has 1 aliphatic rings. The van der Waals surface area contributed by atoms with Gasteiger partial charge in [0.05, 0.1) is 11.1 Å². The number of halogens is 4. The highest BCUT2D eigenvalue weighted by Gasteiger charge is 2.43. The Labute approximate surface area is 104 Å². The Hall–Kier alpha value is -1.04. The normalized spacial score (nSPS) is 16.7. The summed E-state index contributed by atoms with van der Waals surface area (Å²) in [5.74, 6) is -5.10. The van der Waals surface area contributed by atoms with Crippen LogP contribution in [0, 0.1) is 17.5 Å². The van der Waals surface area contributed by atoms with Gasteiger partial charge in [-0.15, -0.1) is 0 Å². The molecule has 1 fully saturated rings. The summed E-state index contributed by atoms with van der Waals surface area (Å²) in [5, 5.41) is 3.16. The van der Waals surface area contributed by atoms with E-state index in [0.717, 1.165) is 25.0 Å². The molecule has 1 aromatic carbocycles. The summed E-state index contributed by atoms with van der Waals surface area (Å²) < 4.78 is 39.0. The first-order valence-electron chi connectivity index (χ1n) is 5.01. The quantitative estimate of drug-likeness (QED) is 0.675. The van der Waals surface area contributed by atoms with Crippen molar-refractivity contribution < 1.29 is 18.0 Å². The summed E-state index contributed by atoms with van der Waals surface area (Å²) in [6.45, 7) is 0. The molecule has 1 amide bonds. The van der Waals surface area contributed by atoms with E-state index in [4.69, 9.17) is 0 Å². The largest absolute Gasteiger partial charge is 0.346 e. The topological polar surface area (TPSA) is 29.1 Å². The molecule has 0 heterocycles. The summed E-state index contributed by atoms with van der Waals surface area (Å²) in [5.41, 5.74) is -0.842. The van der Waals surface area contributed by atoms with Crippen LogP contribution in [-0.2, 0) is 0 Å². The van der Waals surface area contributed by atoms with Crippen LogP contribution in [-0.4, -0.2) is 16.8 Å². The third-order valence-corrected chi connectivity index (χ3v) is 3.84. The second kappa shape index (κ2) is 4.33. The van der Waals surface area contributed by atoms with E-state index in [0.29, 0.717) is 5.33 Å². The number of rotatable bonds is 3. The molecule has 1 aliphatic carbocycles. The van der Waals surface area contributed by atoms with Gasteiger partial charge in [0.15, 0.2) is 17.5 Å². The average molecular weight is 308 g/mol. The number of amides is 1. The van der Waals surface area contributed by atoms with E-state index < -0.39 is 28.9 Å². The fourth-order valence-corrected chi connectivity index (χ4v) is 2.15. The Balaban J connectivity index is 2.23. The molecule has 0 aromatic heterocycles. The third kappa shape index (κ3) is 2.31. The van der Waals surface area contributed by atoms with E-state index >= 15 is 0 Å². The number of hydrogen-bond acceptors (Lipinski definition) is 1. The Morgan fingerprint density at radius 2 is 1.94 bits per heavy atom. The fourth-order valence-electron chi connectivity index (χ4n) is 1.45. The van der Waals surface area contributed by atoms with Crippen LogP contribution in [0.5, 0.6) is 0 Å². The molecule has 1 aromatic rings. The number of nitrogens with one attached hydrogen (secondary N) is 1. The lowest BCUT2D eigenvalue weighted by atomic mass is 10.1. The van der Waals surface area contributed by atoms with Gasteiger partial charge in [0.1, 0.15) is 0 Å². The smallest absolute Gasteiger partial charge is 0.254 e. The minimum Gasteiger partial charge on any atom is -0.346 e. The van der Waals surface area contributed by atoms with Gasteiger partial charge in [-0.2, -0.15) is 0 Å². The molecule has 0 saturated heterocycles. The van der Waals surface area contributed by atoms with Gasteiger partial charge in [-0.1, -0.05) is 15.9 Å². The molecule has 1 N–H and O–H groups in total. The lowest BCUT2D eigenvalue weighted by Crippen LogP contribution is -2.38. The zero-order chi connectivity index (χ0) is 12.6. The van der Waals surface area contributed by atoms with Gasteiger partial charge < -0.3 is 5.32 Å². The maximum absolute atomic E-state index is 13.3. The molecule has 6 heteroatoms. The second-order valence-corrected chi connectivity index (χ2v) is 4.65. The van der Waals surface area contributed by atoms with E-state index in [1.54, 1.807) is 0 Å². The van der Waals surface area contributed by atoms with E-state index in [9.17, 15) is 18.0 Å². The summed E-state index contributed by atoms with van der Waals surface area (Å²) in [6, 6.07) is 1.68. The Morgan fingerprint density at radius 1 is 1.29 bits per heavy atom. The van der Waals surface area contributed by atoms with Crippen molar-refractivity contribution in [1.29, 1.82) is 0 Å². The van der Waals surface area contributed by atoms with Gasteiger partial charge in [0, 0.05) is 5.33 Å². The van der Waals surface area contributed by atoms with Crippen molar-refractivity contribution in [3.05, 3.63) is 35.1 Å². The van der Waals surface area contributed by atoms with Crippen molar-refractivity contribution >= 4 is 21.8 Å². The first kappa shape index (κ1) is 12.4. The summed E-state index contributed by atoms with van der Waals surface area (Å²) in [6.07, 6.45) is 1.57. The van der Waals surface area contributed by atoms with Crippen LogP contribution in [0.15, 0.2) is 12.1 Å². The molecule has 0 radical (unpaired) electrons. The molecule has 2 rings (SSSR count). The number of benzene rings is 1. The van der Waals surface area contributed by atoms with Crippen LogP contribution in [0.3, 0.4) is 0 Å². The first-order valence-corrected chi connectivity index (χ1v) is 6.13. The predicted octanol–water partition coefficient (Wildman–Crippen LogP) is 2.76. The summed E-state index contributed by atoms with van der Waals surface area (Å²) in [7, 11) is 0. The summed E-state index contributed by atoms with van der Waals surface area (Å²) >= 11 is 3.24.